The molecule has 0 unspecified atom stereocenters. The number of aryl methyl sites for hydroxylation is 2. The fraction of sp³-hybridized carbons (Fsp3) is 0.154. The Hall–Kier alpha value is -4.26. The Labute approximate surface area is 191 Å². The van der Waals surface area contributed by atoms with E-state index in [0.29, 0.717) is 29.1 Å². The molecule has 1 amide bonds. The highest BCUT2D eigenvalue weighted by Crippen LogP contribution is 2.18. The number of hydrogen-bond donors (Lipinski definition) is 2. The molecule has 7 nitrogen and oxygen atoms in total. The first kappa shape index (κ1) is 22.0. The van der Waals surface area contributed by atoms with Crippen LogP contribution >= 0.6 is 0 Å². The third-order valence-corrected chi connectivity index (χ3v) is 5.09. The summed E-state index contributed by atoms with van der Waals surface area (Å²) in [6.07, 6.45) is 1.86. The molecule has 0 aliphatic carbocycles. The smallest absolute Gasteiger partial charge is 0.270 e. The highest BCUT2D eigenvalue weighted by atomic mass is 16.5. The normalized spacial score (nSPS) is 11.1. The molecule has 0 spiro atoms. The Balaban J connectivity index is 1.32. The van der Waals surface area contributed by atoms with Crippen LogP contribution in [-0.4, -0.2) is 22.1 Å². The quantitative estimate of drug-likeness (QED) is 0.321. The molecule has 1 heterocycles. The van der Waals surface area contributed by atoms with Gasteiger partial charge < -0.3 is 9.72 Å². The molecule has 33 heavy (non-hydrogen) atoms. The van der Waals surface area contributed by atoms with Crippen molar-refractivity contribution >= 4 is 23.2 Å². The van der Waals surface area contributed by atoms with E-state index < -0.39 is 0 Å². The van der Waals surface area contributed by atoms with Crippen LogP contribution in [0.2, 0.25) is 0 Å². The van der Waals surface area contributed by atoms with Crippen molar-refractivity contribution in [2.24, 2.45) is 5.10 Å². The molecular weight excluding hydrogens is 416 g/mol. The van der Waals surface area contributed by atoms with Crippen LogP contribution in [0.5, 0.6) is 5.75 Å². The number of aromatic nitrogens is 2. The predicted octanol–water partition coefficient (Wildman–Crippen LogP) is 3.89. The number of aromatic amines is 1. The molecule has 166 valence electrons. The average Bonchev–Trinajstić information content (AvgIpc) is 2.83. The summed E-state index contributed by atoms with van der Waals surface area (Å²) in [5.41, 5.74) is 6.90. The molecule has 1 aromatic heterocycles. The summed E-state index contributed by atoms with van der Waals surface area (Å²) in [4.78, 5) is 31.5. The van der Waals surface area contributed by atoms with Crippen LogP contribution in [0.3, 0.4) is 0 Å². The number of nitrogens with one attached hydrogen (secondary N) is 2. The molecule has 7 heteroatoms. The fourth-order valence-electron chi connectivity index (χ4n) is 3.26. The second-order valence-corrected chi connectivity index (χ2v) is 7.64. The van der Waals surface area contributed by atoms with E-state index in [-0.39, 0.29) is 24.3 Å². The minimum Gasteiger partial charge on any atom is -0.488 e. The third-order valence-electron chi connectivity index (χ3n) is 5.09. The number of fused-ring (bicyclic) bond motifs is 1. The number of amides is 1. The van der Waals surface area contributed by atoms with Gasteiger partial charge in [0.05, 0.1) is 17.2 Å². The van der Waals surface area contributed by atoms with Gasteiger partial charge in [-0.1, -0.05) is 54.1 Å². The van der Waals surface area contributed by atoms with E-state index in [1.165, 1.54) is 5.56 Å². The van der Waals surface area contributed by atoms with Crippen molar-refractivity contribution in [2.45, 2.75) is 26.4 Å². The van der Waals surface area contributed by atoms with Crippen molar-refractivity contribution in [2.75, 3.05) is 0 Å². The number of hydrazone groups is 1. The lowest BCUT2D eigenvalue weighted by Gasteiger charge is -2.09. The number of carbonyl (C=O) groups excluding carboxylic acids is 1. The first-order valence-electron chi connectivity index (χ1n) is 10.7. The van der Waals surface area contributed by atoms with Gasteiger partial charge in [-0.3, -0.25) is 9.59 Å². The van der Waals surface area contributed by atoms with E-state index >= 15 is 0 Å². The van der Waals surface area contributed by atoms with E-state index in [1.807, 2.05) is 73.7 Å². The summed E-state index contributed by atoms with van der Waals surface area (Å²) >= 11 is 0. The standard InChI is InChI=1S/C26H24N4O3/c1-18-10-12-19(13-11-18)17-33-24-9-5-2-6-20(24)16-27-30-25(31)15-14-23-26(32)29-22-8-4-3-7-21(22)28-23/h2-13,16H,14-15,17H2,1H3,(H,29,32)(H,30,31)/b27-16+. The molecule has 0 saturated heterocycles. The zero-order valence-electron chi connectivity index (χ0n) is 18.2. The summed E-state index contributed by atoms with van der Waals surface area (Å²) in [5, 5.41) is 4.04. The zero-order valence-corrected chi connectivity index (χ0v) is 18.2. The molecule has 3 aromatic carbocycles. The number of benzene rings is 3. The van der Waals surface area contributed by atoms with Gasteiger partial charge in [-0.05, 0) is 36.8 Å². The molecule has 0 aliphatic rings. The average molecular weight is 441 g/mol. The number of nitrogens with zero attached hydrogens (tertiary/aromatic N) is 2. The van der Waals surface area contributed by atoms with Gasteiger partial charge in [0.1, 0.15) is 18.1 Å². The van der Waals surface area contributed by atoms with Gasteiger partial charge in [-0.25, -0.2) is 10.4 Å². The number of para-hydroxylation sites is 3. The van der Waals surface area contributed by atoms with Gasteiger partial charge in [0.15, 0.2) is 0 Å². The number of hydrogen-bond acceptors (Lipinski definition) is 5. The van der Waals surface area contributed by atoms with E-state index in [4.69, 9.17) is 4.74 Å². The molecule has 0 saturated carbocycles. The second-order valence-electron chi connectivity index (χ2n) is 7.64. The molecule has 0 radical (unpaired) electrons. The Morgan fingerprint density at radius 3 is 2.67 bits per heavy atom. The highest BCUT2D eigenvalue weighted by Gasteiger charge is 2.08. The maximum atomic E-state index is 12.2. The Bertz CT molecular complexity index is 1340. The molecular formula is C26H24N4O3. The van der Waals surface area contributed by atoms with Gasteiger partial charge in [0, 0.05) is 18.4 Å². The largest absolute Gasteiger partial charge is 0.488 e. The van der Waals surface area contributed by atoms with Crippen LogP contribution in [0, 0.1) is 6.92 Å². The maximum Gasteiger partial charge on any atom is 0.270 e. The number of H-pyrrole nitrogens is 1. The Morgan fingerprint density at radius 1 is 1.06 bits per heavy atom. The van der Waals surface area contributed by atoms with Crippen molar-refractivity contribution in [1.29, 1.82) is 0 Å². The van der Waals surface area contributed by atoms with E-state index in [1.54, 1.807) is 12.3 Å². The van der Waals surface area contributed by atoms with E-state index in [9.17, 15) is 9.59 Å². The van der Waals surface area contributed by atoms with Crippen molar-refractivity contribution in [3.63, 3.8) is 0 Å². The van der Waals surface area contributed by atoms with Gasteiger partial charge in [0.25, 0.3) is 5.56 Å². The SMILES string of the molecule is Cc1ccc(COc2ccccc2/C=N/NC(=O)CCc2nc3ccccc3[nH]c2=O)cc1. The monoisotopic (exact) mass is 440 g/mol. The molecule has 0 atom stereocenters. The minimum atomic E-state index is -0.307. The first-order valence-corrected chi connectivity index (χ1v) is 10.7. The molecule has 0 bridgehead atoms. The van der Waals surface area contributed by atoms with Crippen LogP contribution < -0.4 is 15.7 Å². The number of rotatable bonds is 8. The van der Waals surface area contributed by atoms with Crippen LogP contribution in [0.4, 0.5) is 0 Å². The number of ether oxygens (including phenoxy) is 1. The van der Waals surface area contributed by atoms with Gasteiger partial charge in [0.2, 0.25) is 5.91 Å². The van der Waals surface area contributed by atoms with Gasteiger partial charge in [-0.2, -0.15) is 5.10 Å². The van der Waals surface area contributed by atoms with Crippen LogP contribution in [0.1, 0.15) is 28.8 Å². The van der Waals surface area contributed by atoms with Crippen molar-refractivity contribution in [3.8, 4) is 5.75 Å². The minimum absolute atomic E-state index is 0.0946. The maximum absolute atomic E-state index is 12.2. The van der Waals surface area contributed by atoms with Crippen LogP contribution in [0.25, 0.3) is 11.0 Å². The lowest BCUT2D eigenvalue weighted by atomic mass is 10.1. The first-order chi connectivity index (χ1) is 16.1. The summed E-state index contributed by atoms with van der Waals surface area (Å²) < 4.78 is 5.92. The Morgan fingerprint density at radius 2 is 1.82 bits per heavy atom. The topological polar surface area (TPSA) is 96.4 Å². The summed E-state index contributed by atoms with van der Waals surface area (Å²) in [6.45, 7) is 2.48. The Kier molecular flexibility index (Phi) is 6.90. The predicted molar refractivity (Wildman–Crippen MR) is 128 cm³/mol. The van der Waals surface area contributed by atoms with E-state index in [0.717, 1.165) is 11.1 Å². The third kappa shape index (κ3) is 5.92. The lowest BCUT2D eigenvalue weighted by Crippen LogP contribution is -2.21. The zero-order chi connectivity index (χ0) is 23.0. The summed E-state index contributed by atoms with van der Waals surface area (Å²) in [6, 6.07) is 22.9. The molecule has 4 rings (SSSR count). The van der Waals surface area contributed by atoms with Gasteiger partial charge in [-0.15, -0.1) is 0 Å². The molecule has 4 aromatic rings. The second kappa shape index (κ2) is 10.4. The van der Waals surface area contributed by atoms with Gasteiger partial charge >= 0.3 is 0 Å². The molecule has 2 N–H and O–H groups in total. The van der Waals surface area contributed by atoms with Crippen LogP contribution in [-0.2, 0) is 17.8 Å². The van der Waals surface area contributed by atoms with E-state index in [2.05, 4.69) is 20.5 Å². The van der Waals surface area contributed by atoms with Crippen molar-refractivity contribution in [1.82, 2.24) is 15.4 Å². The van der Waals surface area contributed by atoms with Crippen molar-refractivity contribution < 1.29 is 9.53 Å². The molecule has 0 aliphatic heterocycles. The molecule has 0 fully saturated rings. The lowest BCUT2D eigenvalue weighted by molar-refractivity contribution is -0.121. The summed E-state index contributed by atoms with van der Waals surface area (Å²) in [7, 11) is 0. The summed E-state index contributed by atoms with van der Waals surface area (Å²) in [5.74, 6) is 0.363. The van der Waals surface area contributed by atoms with Crippen LogP contribution in [0.15, 0.2) is 82.7 Å². The fourth-order valence-corrected chi connectivity index (χ4v) is 3.26. The van der Waals surface area contributed by atoms with Crippen molar-refractivity contribution in [3.05, 3.63) is 106 Å². The highest BCUT2D eigenvalue weighted by molar-refractivity contribution is 5.85. The number of carbonyl (C=O) groups is 1.